The van der Waals surface area contributed by atoms with Crippen molar-refractivity contribution in [3.63, 3.8) is 0 Å². The Morgan fingerprint density at radius 1 is 1.11 bits per heavy atom. The van der Waals surface area contributed by atoms with Crippen molar-refractivity contribution in [3.8, 4) is 0 Å². The highest BCUT2D eigenvalue weighted by Gasteiger charge is 2.35. The molecule has 4 nitrogen and oxygen atoms in total. The van der Waals surface area contributed by atoms with Crippen molar-refractivity contribution >= 4 is 23.2 Å². The molecule has 0 aliphatic carbocycles. The lowest BCUT2D eigenvalue weighted by molar-refractivity contribution is -0.122. The van der Waals surface area contributed by atoms with Crippen molar-refractivity contribution in [2.45, 2.75) is 46.5 Å². The number of nitrogens with one attached hydrogen (secondary N) is 1. The molecule has 1 saturated heterocycles. The smallest absolute Gasteiger partial charge is 0.229 e. The summed E-state index contributed by atoms with van der Waals surface area (Å²) in [5.74, 6) is -0.399. The van der Waals surface area contributed by atoms with Crippen molar-refractivity contribution in [2.24, 2.45) is 5.92 Å². The van der Waals surface area contributed by atoms with E-state index in [0.717, 1.165) is 23.4 Å². The molecule has 1 fully saturated rings. The summed E-state index contributed by atoms with van der Waals surface area (Å²) in [6.45, 7) is 6.68. The number of anilines is 2. The lowest BCUT2D eigenvalue weighted by Gasteiger charge is -2.17. The summed E-state index contributed by atoms with van der Waals surface area (Å²) in [4.78, 5) is 26.8. The van der Waals surface area contributed by atoms with E-state index in [-0.39, 0.29) is 24.2 Å². The Bertz CT molecular complexity index is 827. The predicted octanol–water partition coefficient (Wildman–Crippen LogP) is 4.64. The van der Waals surface area contributed by atoms with Crippen LogP contribution in [-0.2, 0) is 16.0 Å². The molecule has 1 aliphatic heterocycles. The minimum absolute atomic E-state index is 0.0107. The summed E-state index contributed by atoms with van der Waals surface area (Å²) in [5, 5.41) is 2.96. The monoisotopic (exact) mass is 364 g/mol. The van der Waals surface area contributed by atoms with Gasteiger partial charge in [0.2, 0.25) is 11.8 Å². The second kappa shape index (κ2) is 8.38. The lowest BCUT2D eigenvalue weighted by atomic mass is 10.1. The molecule has 1 heterocycles. The Morgan fingerprint density at radius 2 is 1.85 bits per heavy atom. The highest BCUT2D eigenvalue weighted by atomic mass is 16.2. The van der Waals surface area contributed by atoms with E-state index < -0.39 is 0 Å². The first-order valence-corrected chi connectivity index (χ1v) is 9.75. The SMILES string of the molecule is CCCCc1ccc(N2C[C@H](C(=O)Nc3ccc(C)c(C)c3)CC2=O)cc1. The molecular weight excluding hydrogens is 336 g/mol. The number of amides is 2. The average Bonchev–Trinajstić information content (AvgIpc) is 3.05. The molecule has 0 spiro atoms. The zero-order valence-electron chi connectivity index (χ0n) is 16.4. The van der Waals surface area contributed by atoms with Crippen molar-refractivity contribution in [3.05, 3.63) is 59.2 Å². The number of carbonyl (C=O) groups excluding carboxylic acids is 2. The van der Waals surface area contributed by atoms with Gasteiger partial charge in [-0.2, -0.15) is 0 Å². The fourth-order valence-corrected chi connectivity index (χ4v) is 3.42. The third-order valence-electron chi connectivity index (χ3n) is 5.34. The van der Waals surface area contributed by atoms with E-state index in [2.05, 4.69) is 24.4 Å². The molecule has 0 bridgehead atoms. The van der Waals surface area contributed by atoms with E-state index in [1.165, 1.54) is 24.0 Å². The van der Waals surface area contributed by atoms with Crippen LogP contribution in [0.1, 0.15) is 42.9 Å². The largest absolute Gasteiger partial charge is 0.326 e. The van der Waals surface area contributed by atoms with E-state index in [4.69, 9.17) is 0 Å². The number of hydrogen-bond acceptors (Lipinski definition) is 2. The Labute approximate surface area is 161 Å². The fourth-order valence-electron chi connectivity index (χ4n) is 3.42. The number of rotatable bonds is 6. The van der Waals surface area contributed by atoms with E-state index in [0.29, 0.717) is 6.54 Å². The summed E-state index contributed by atoms with van der Waals surface area (Å²) in [7, 11) is 0. The van der Waals surface area contributed by atoms with E-state index in [9.17, 15) is 9.59 Å². The van der Waals surface area contributed by atoms with Gasteiger partial charge >= 0.3 is 0 Å². The van der Waals surface area contributed by atoms with E-state index in [1.54, 1.807) is 4.90 Å². The molecule has 1 N–H and O–H groups in total. The zero-order valence-corrected chi connectivity index (χ0v) is 16.4. The third-order valence-corrected chi connectivity index (χ3v) is 5.34. The fraction of sp³-hybridized carbons (Fsp3) is 0.391. The molecular formula is C23H28N2O2. The standard InChI is InChI=1S/C23H28N2O2/c1-4-5-6-18-8-11-21(12-9-18)25-15-19(14-22(25)26)23(27)24-20-10-7-16(2)17(3)13-20/h7-13,19H,4-6,14-15H2,1-3H3,(H,24,27)/t19-/m1/s1. The van der Waals surface area contributed by atoms with Crippen LogP contribution in [0.2, 0.25) is 0 Å². The Kier molecular flexibility index (Phi) is 5.94. The average molecular weight is 364 g/mol. The first-order valence-electron chi connectivity index (χ1n) is 9.75. The highest BCUT2D eigenvalue weighted by molar-refractivity contribution is 6.03. The van der Waals surface area contributed by atoms with Gasteiger partial charge in [0.15, 0.2) is 0 Å². The zero-order chi connectivity index (χ0) is 19.4. The van der Waals surface area contributed by atoms with Gasteiger partial charge in [-0.25, -0.2) is 0 Å². The van der Waals surface area contributed by atoms with Crippen molar-refractivity contribution in [1.29, 1.82) is 0 Å². The van der Waals surface area contributed by atoms with Gasteiger partial charge in [-0.1, -0.05) is 31.5 Å². The normalized spacial score (nSPS) is 16.6. The molecule has 1 aliphatic rings. The minimum atomic E-state index is -0.320. The summed E-state index contributed by atoms with van der Waals surface area (Å²) < 4.78 is 0. The lowest BCUT2D eigenvalue weighted by Crippen LogP contribution is -2.28. The summed E-state index contributed by atoms with van der Waals surface area (Å²) in [6.07, 6.45) is 3.66. The molecule has 2 amide bonds. The van der Waals surface area contributed by atoms with Gasteiger partial charge in [0.05, 0.1) is 5.92 Å². The van der Waals surface area contributed by atoms with Crippen LogP contribution < -0.4 is 10.2 Å². The number of carbonyl (C=O) groups is 2. The van der Waals surface area contributed by atoms with Crippen molar-refractivity contribution in [2.75, 3.05) is 16.8 Å². The van der Waals surface area contributed by atoms with Gasteiger partial charge < -0.3 is 10.2 Å². The third kappa shape index (κ3) is 4.57. The van der Waals surface area contributed by atoms with E-state index in [1.807, 2.05) is 44.2 Å². The number of benzene rings is 2. The minimum Gasteiger partial charge on any atom is -0.326 e. The molecule has 0 unspecified atom stereocenters. The maximum atomic E-state index is 12.6. The van der Waals surface area contributed by atoms with Crippen LogP contribution in [0.5, 0.6) is 0 Å². The second-order valence-electron chi connectivity index (χ2n) is 7.46. The van der Waals surface area contributed by atoms with Crippen LogP contribution >= 0.6 is 0 Å². The highest BCUT2D eigenvalue weighted by Crippen LogP contribution is 2.27. The van der Waals surface area contributed by atoms with Gasteiger partial charge in [-0.3, -0.25) is 9.59 Å². The van der Waals surface area contributed by atoms with Crippen LogP contribution in [0.4, 0.5) is 11.4 Å². The number of hydrogen-bond donors (Lipinski definition) is 1. The summed E-state index contributed by atoms with van der Waals surface area (Å²) in [6, 6.07) is 14.0. The molecule has 4 heteroatoms. The number of aryl methyl sites for hydroxylation is 3. The van der Waals surface area contributed by atoms with Crippen LogP contribution in [0.15, 0.2) is 42.5 Å². The Hall–Kier alpha value is -2.62. The molecule has 0 radical (unpaired) electrons. The molecule has 142 valence electrons. The van der Waals surface area contributed by atoms with Gasteiger partial charge in [0.25, 0.3) is 0 Å². The molecule has 1 atom stereocenters. The van der Waals surface area contributed by atoms with Gasteiger partial charge in [-0.05, 0) is 67.6 Å². The Balaban J connectivity index is 1.64. The van der Waals surface area contributed by atoms with Crippen LogP contribution in [0.25, 0.3) is 0 Å². The van der Waals surface area contributed by atoms with E-state index >= 15 is 0 Å². The summed E-state index contributed by atoms with van der Waals surface area (Å²) >= 11 is 0. The van der Waals surface area contributed by atoms with Gasteiger partial charge in [0, 0.05) is 24.3 Å². The predicted molar refractivity (Wildman–Crippen MR) is 110 cm³/mol. The Morgan fingerprint density at radius 3 is 2.52 bits per heavy atom. The van der Waals surface area contributed by atoms with Crippen LogP contribution in [0.3, 0.4) is 0 Å². The van der Waals surface area contributed by atoms with Crippen LogP contribution in [-0.4, -0.2) is 18.4 Å². The first kappa shape index (κ1) is 19.2. The topological polar surface area (TPSA) is 49.4 Å². The first-order chi connectivity index (χ1) is 13.0. The number of nitrogens with zero attached hydrogens (tertiary/aromatic N) is 1. The molecule has 0 aromatic heterocycles. The molecule has 0 saturated carbocycles. The molecule has 3 rings (SSSR count). The molecule has 27 heavy (non-hydrogen) atoms. The quantitative estimate of drug-likeness (QED) is 0.812. The van der Waals surface area contributed by atoms with Crippen LogP contribution in [0, 0.1) is 19.8 Å². The van der Waals surface area contributed by atoms with Gasteiger partial charge in [-0.15, -0.1) is 0 Å². The number of unbranched alkanes of at least 4 members (excludes halogenated alkanes) is 1. The van der Waals surface area contributed by atoms with Crippen molar-refractivity contribution in [1.82, 2.24) is 0 Å². The summed E-state index contributed by atoms with van der Waals surface area (Å²) in [5.41, 5.74) is 5.28. The molecule has 2 aromatic rings. The second-order valence-corrected chi connectivity index (χ2v) is 7.46. The van der Waals surface area contributed by atoms with Gasteiger partial charge in [0.1, 0.15) is 0 Å². The maximum absolute atomic E-state index is 12.6. The van der Waals surface area contributed by atoms with Crippen molar-refractivity contribution < 1.29 is 9.59 Å². The molecule has 2 aromatic carbocycles. The maximum Gasteiger partial charge on any atom is 0.229 e.